The minimum Gasteiger partial charge on any atom is -0.355 e. The van der Waals surface area contributed by atoms with Gasteiger partial charge in [0, 0.05) is 25.2 Å². The number of aromatic nitrogens is 2. The summed E-state index contributed by atoms with van der Waals surface area (Å²) in [4.78, 5) is 12.0. The monoisotopic (exact) mass is 219 g/mol. The Bertz CT molecular complexity index is 426. The summed E-state index contributed by atoms with van der Waals surface area (Å²) >= 11 is 0. The fraction of sp³-hybridized carbons (Fsp3) is 0.667. The smallest absolute Gasteiger partial charge is 0.226 e. The lowest BCUT2D eigenvalue weighted by atomic mass is 9.61. The van der Waals surface area contributed by atoms with E-state index in [9.17, 15) is 4.79 Å². The Balaban J connectivity index is 2.05. The lowest BCUT2D eigenvalue weighted by Gasteiger charge is -2.40. The van der Waals surface area contributed by atoms with Crippen LogP contribution in [0, 0.1) is 12.3 Å². The first-order chi connectivity index (χ1) is 7.65. The van der Waals surface area contributed by atoms with Crippen LogP contribution in [0.5, 0.6) is 0 Å². The summed E-state index contributed by atoms with van der Waals surface area (Å²) in [6, 6.07) is 0. The summed E-state index contributed by atoms with van der Waals surface area (Å²) in [7, 11) is 1.97. The predicted octanol–water partition coefficient (Wildman–Crippen LogP) is 1.11. The van der Waals surface area contributed by atoms with Gasteiger partial charge in [-0.3, -0.25) is 9.48 Å². The van der Waals surface area contributed by atoms with Crippen molar-refractivity contribution in [1.82, 2.24) is 15.1 Å². The largest absolute Gasteiger partial charge is 0.355 e. The Labute approximate surface area is 95.0 Å². The predicted molar refractivity (Wildman–Crippen MR) is 60.0 cm³/mol. The van der Waals surface area contributed by atoms with Gasteiger partial charge in [0.15, 0.2) is 0 Å². The van der Waals surface area contributed by atoms with Crippen LogP contribution < -0.4 is 5.32 Å². The zero-order valence-electron chi connectivity index (χ0n) is 9.79. The van der Waals surface area contributed by atoms with Crippen LogP contribution in [0.25, 0.3) is 0 Å². The summed E-state index contributed by atoms with van der Waals surface area (Å²) in [5.74, 6) is 0.575. The maximum Gasteiger partial charge on any atom is 0.226 e. The van der Waals surface area contributed by atoms with Crippen molar-refractivity contribution in [1.29, 1.82) is 0 Å². The van der Waals surface area contributed by atoms with Crippen LogP contribution in [0.3, 0.4) is 0 Å². The molecule has 2 heterocycles. The van der Waals surface area contributed by atoms with E-state index in [4.69, 9.17) is 0 Å². The first-order valence-corrected chi connectivity index (χ1v) is 5.92. The van der Waals surface area contributed by atoms with Crippen molar-refractivity contribution in [3.63, 3.8) is 0 Å². The first-order valence-electron chi connectivity index (χ1n) is 5.92. The molecule has 4 heteroatoms. The minimum atomic E-state index is -0.113. The van der Waals surface area contributed by atoms with Crippen LogP contribution in [0.4, 0.5) is 0 Å². The second-order valence-electron chi connectivity index (χ2n) is 5.11. The van der Waals surface area contributed by atoms with Gasteiger partial charge in [0.1, 0.15) is 0 Å². The molecule has 2 fully saturated rings. The number of carbonyl (C=O) groups excluding carboxylic acids is 1. The summed E-state index contributed by atoms with van der Waals surface area (Å²) in [5.41, 5.74) is 2.33. The van der Waals surface area contributed by atoms with E-state index in [1.54, 1.807) is 0 Å². The molecular weight excluding hydrogens is 202 g/mol. The van der Waals surface area contributed by atoms with Gasteiger partial charge in [0.05, 0.1) is 11.6 Å². The highest BCUT2D eigenvalue weighted by Crippen LogP contribution is 2.54. The molecule has 0 aromatic carbocycles. The van der Waals surface area contributed by atoms with Crippen LogP contribution in [0.15, 0.2) is 6.20 Å². The highest BCUT2D eigenvalue weighted by Gasteiger charge is 2.55. The summed E-state index contributed by atoms with van der Waals surface area (Å²) in [5, 5.41) is 7.31. The molecule has 1 N–H and O–H groups in total. The van der Waals surface area contributed by atoms with Gasteiger partial charge >= 0.3 is 0 Å². The molecule has 0 unspecified atom stereocenters. The molecular formula is C12H17N3O. The van der Waals surface area contributed by atoms with Gasteiger partial charge < -0.3 is 5.32 Å². The zero-order valence-corrected chi connectivity index (χ0v) is 9.79. The van der Waals surface area contributed by atoms with Gasteiger partial charge in [-0.2, -0.15) is 5.10 Å². The molecule has 16 heavy (non-hydrogen) atoms. The highest BCUT2D eigenvalue weighted by molar-refractivity contribution is 5.87. The van der Waals surface area contributed by atoms with Crippen molar-refractivity contribution in [2.24, 2.45) is 12.5 Å². The normalized spacial score (nSPS) is 26.9. The molecule has 2 aliphatic rings. The first kappa shape index (κ1) is 9.87. The molecule has 1 atom stereocenters. The molecule has 3 rings (SSSR count). The molecule has 1 saturated carbocycles. The molecule has 1 aromatic rings. The third-order valence-electron chi connectivity index (χ3n) is 4.34. The molecule has 86 valence electrons. The molecule has 0 radical (unpaired) electrons. The number of nitrogens with one attached hydrogen (secondary N) is 1. The van der Waals surface area contributed by atoms with E-state index in [0.717, 1.165) is 19.4 Å². The van der Waals surface area contributed by atoms with E-state index >= 15 is 0 Å². The SMILES string of the molecule is Cc1cnn(C)c1[C@H]1CNC(=O)C12CCC2. The lowest BCUT2D eigenvalue weighted by molar-refractivity contribution is -0.132. The Hall–Kier alpha value is -1.32. The third kappa shape index (κ3) is 1.05. The Morgan fingerprint density at radius 2 is 2.31 bits per heavy atom. The molecule has 1 aliphatic carbocycles. The minimum absolute atomic E-state index is 0.113. The fourth-order valence-electron chi connectivity index (χ4n) is 3.27. The molecule has 1 spiro atoms. The number of carbonyl (C=O) groups is 1. The standard InChI is InChI=1S/C12H17N3O/c1-8-6-14-15(2)10(8)9-7-13-11(16)12(9)4-3-5-12/h6,9H,3-5,7H2,1-2H3,(H,13,16)/t9-/m1/s1. The van der Waals surface area contributed by atoms with E-state index in [2.05, 4.69) is 17.3 Å². The average molecular weight is 219 g/mol. The van der Waals surface area contributed by atoms with Gasteiger partial charge in [0.25, 0.3) is 0 Å². The van der Waals surface area contributed by atoms with E-state index in [1.807, 2.05) is 17.9 Å². The van der Waals surface area contributed by atoms with Crippen molar-refractivity contribution >= 4 is 5.91 Å². The molecule has 1 amide bonds. The molecule has 4 nitrogen and oxygen atoms in total. The van der Waals surface area contributed by atoms with Gasteiger partial charge in [-0.15, -0.1) is 0 Å². The number of hydrogen-bond acceptors (Lipinski definition) is 2. The molecule has 1 aromatic heterocycles. The molecule has 1 saturated heterocycles. The van der Waals surface area contributed by atoms with Crippen molar-refractivity contribution in [3.05, 3.63) is 17.5 Å². The maximum atomic E-state index is 12.0. The lowest BCUT2D eigenvalue weighted by Crippen LogP contribution is -2.41. The fourth-order valence-corrected chi connectivity index (χ4v) is 3.27. The van der Waals surface area contributed by atoms with Crippen LogP contribution in [-0.2, 0) is 11.8 Å². The Kier molecular flexibility index (Phi) is 1.91. The van der Waals surface area contributed by atoms with Crippen LogP contribution in [0.2, 0.25) is 0 Å². The topological polar surface area (TPSA) is 46.9 Å². The molecule has 0 bridgehead atoms. The number of rotatable bonds is 1. The number of hydrogen-bond donors (Lipinski definition) is 1. The van der Waals surface area contributed by atoms with E-state index in [1.165, 1.54) is 17.7 Å². The van der Waals surface area contributed by atoms with Gasteiger partial charge in [-0.05, 0) is 25.3 Å². The maximum absolute atomic E-state index is 12.0. The number of nitrogens with zero attached hydrogens (tertiary/aromatic N) is 2. The second kappa shape index (κ2) is 3.09. The van der Waals surface area contributed by atoms with Crippen molar-refractivity contribution in [3.8, 4) is 0 Å². The number of amides is 1. The van der Waals surface area contributed by atoms with Gasteiger partial charge in [0.2, 0.25) is 5.91 Å². The van der Waals surface area contributed by atoms with Crippen molar-refractivity contribution in [2.75, 3.05) is 6.54 Å². The number of aryl methyl sites for hydroxylation is 2. The van der Waals surface area contributed by atoms with E-state index in [-0.39, 0.29) is 11.3 Å². The summed E-state index contributed by atoms with van der Waals surface area (Å²) < 4.78 is 1.93. The zero-order chi connectivity index (χ0) is 11.3. The summed E-state index contributed by atoms with van der Waals surface area (Å²) in [6.45, 7) is 2.86. The van der Waals surface area contributed by atoms with E-state index < -0.39 is 0 Å². The van der Waals surface area contributed by atoms with Crippen LogP contribution in [-0.4, -0.2) is 22.2 Å². The summed E-state index contributed by atoms with van der Waals surface area (Å²) in [6.07, 6.45) is 5.15. The Morgan fingerprint density at radius 1 is 1.56 bits per heavy atom. The van der Waals surface area contributed by atoms with Crippen molar-refractivity contribution < 1.29 is 4.79 Å². The second-order valence-corrected chi connectivity index (χ2v) is 5.11. The van der Waals surface area contributed by atoms with Crippen LogP contribution in [0.1, 0.15) is 36.4 Å². The van der Waals surface area contributed by atoms with Gasteiger partial charge in [-0.1, -0.05) is 6.42 Å². The third-order valence-corrected chi connectivity index (χ3v) is 4.34. The Morgan fingerprint density at radius 3 is 2.81 bits per heavy atom. The van der Waals surface area contributed by atoms with Gasteiger partial charge in [-0.25, -0.2) is 0 Å². The van der Waals surface area contributed by atoms with Crippen molar-refractivity contribution in [2.45, 2.75) is 32.1 Å². The molecule has 1 aliphatic heterocycles. The highest BCUT2D eigenvalue weighted by atomic mass is 16.2. The average Bonchev–Trinajstić information content (AvgIpc) is 2.67. The van der Waals surface area contributed by atoms with Crippen LogP contribution >= 0.6 is 0 Å². The van der Waals surface area contributed by atoms with E-state index in [0.29, 0.717) is 5.92 Å². The quantitative estimate of drug-likeness (QED) is 0.769.